The van der Waals surface area contributed by atoms with Gasteiger partial charge < -0.3 is 11.1 Å². The Bertz CT molecular complexity index is 641. The van der Waals surface area contributed by atoms with Crippen LogP contribution >= 0.6 is 0 Å². The molecule has 0 saturated heterocycles. The maximum absolute atomic E-state index is 12.8. The molecule has 1 aromatic carbocycles. The standard InChI is InChI=1S/C13H10F3N3O/c14-13(15,16)9-3-1-2-4-10(9)19-12(20)8-5-6-18-11(17)7-8/h1-7H,(H2,17,18)(H,19,20). The van der Waals surface area contributed by atoms with Crippen LogP contribution in [0.4, 0.5) is 24.7 Å². The van der Waals surface area contributed by atoms with Crippen molar-refractivity contribution in [2.75, 3.05) is 11.1 Å². The Kier molecular flexibility index (Phi) is 3.60. The van der Waals surface area contributed by atoms with E-state index in [-0.39, 0.29) is 17.1 Å². The van der Waals surface area contributed by atoms with Crippen molar-refractivity contribution in [1.29, 1.82) is 0 Å². The molecular weight excluding hydrogens is 271 g/mol. The quantitative estimate of drug-likeness (QED) is 0.889. The molecule has 0 unspecified atom stereocenters. The van der Waals surface area contributed by atoms with Crippen molar-refractivity contribution in [3.63, 3.8) is 0 Å². The van der Waals surface area contributed by atoms with E-state index in [0.29, 0.717) is 0 Å². The van der Waals surface area contributed by atoms with Crippen molar-refractivity contribution in [1.82, 2.24) is 4.98 Å². The molecule has 0 spiro atoms. The summed E-state index contributed by atoms with van der Waals surface area (Å²) in [7, 11) is 0. The van der Waals surface area contributed by atoms with Crippen LogP contribution in [-0.4, -0.2) is 10.9 Å². The Morgan fingerprint density at radius 3 is 2.55 bits per heavy atom. The van der Waals surface area contributed by atoms with Crippen LogP contribution in [0.3, 0.4) is 0 Å². The smallest absolute Gasteiger partial charge is 0.384 e. The van der Waals surface area contributed by atoms with Crippen LogP contribution in [0.25, 0.3) is 0 Å². The average molecular weight is 281 g/mol. The number of rotatable bonds is 2. The lowest BCUT2D eigenvalue weighted by atomic mass is 10.1. The fourth-order valence-electron chi connectivity index (χ4n) is 1.62. The molecule has 0 bridgehead atoms. The third-order valence-corrected chi connectivity index (χ3v) is 2.52. The van der Waals surface area contributed by atoms with Crippen molar-refractivity contribution in [2.45, 2.75) is 6.18 Å². The van der Waals surface area contributed by atoms with E-state index in [9.17, 15) is 18.0 Å². The number of pyridine rings is 1. The molecule has 0 atom stereocenters. The minimum atomic E-state index is -4.54. The average Bonchev–Trinajstić information content (AvgIpc) is 2.38. The fourth-order valence-corrected chi connectivity index (χ4v) is 1.62. The van der Waals surface area contributed by atoms with Crippen molar-refractivity contribution in [2.24, 2.45) is 0 Å². The van der Waals surface area contributed by atoms with Gasteiger partial charge in [-0.1, -0.05) is 12.1 Å². The van der Waals surface area contributed by atoms with Crippen molar-refractivity contribution in [3.8, 4) is 0 Å². The lowest BCUT2D eigenvalue weighted by Gasteiger charge is -2.13. The number of benzene rings is 1. The number of anilines is 2. The molecule has 0 fully saturated rings. The number of aromatic nitrogens is 1. The summed E-state index contributed by atoms with van der Waals surface area (Å²) in [5.41, 5.74) is 4.34. The minimum absolute atomic E-state index is 0.113. The van der Waals surface area contributed by atoms with E-state index in [1.807, 2.05) is 0 Å². The summed E-state index contributed by atoms with van der Waals surface area (Å²) in [6.45, 7) is 0. The van der Waals surface area contributed by atoms with Gasteiger partial charge in [-0.05, 0) is 24.3 Å². The first kappa shape index (κ1) is 13.9. The number of nitrogens with one attached hydrogen (secondary N) is 1. The Balaban J connectivity index is 2.29. The fraction of sp³-hybridized carbons (Fsp3) is 0.0769. The number of nitrogens with two attached hydrogens (primary N) is 1. The van der Waals surface area contributed by atoms with Crippen molar-refractivity contribution in [3.05, 3.63) is 53.7 Å². The lowest BCUT2D eigenvalue weighted by molar-refractivity contribution is -0.136. The molecule has 20 heavy (non-hydrogen) atoms. The van der Waals surface area contributed by atoms with Crippen LogP contribution in [-0.2, 0) is 6.18 Å². The van der Waals surface area contributed by atoms with Crippen LogP contribution in [0.2, 0.25) is 0 Å². The number of para-hydroxylation sites is 1. The first-order valence-electron chi connectivity index (χ1n) is 5.57. The van der Waals surface area contributed by atoms with Crippen LogP contribution in [0.5, 0.6) is 0 Å². The zero-order valence-electron chi connectivity index (χ0n) is 10.1. The number of hydrogen-bond acceptors (Lipinski definition) is 3. The van der Waals surface area contributed by atoms with Crippen LogP contribution in [0, 0.1) is 0 Å². The largest absolute Gasteiger partial charge is 0.418 e. The number of nitrogens with zero attached hydrogens (tertiary/aromatic N) is 1. The summed E-state index contributed by atoms with van der Waals surface area (Å²) in [5, 5.41) is 2.22. The van der Waals surface area contributed by atoms with Crippen LogP contribution in [0.1, 0.15) is 15.9 Å². The van der Waals surface area contributed by atoms with Gasteiger partial charge in [0.05, 0.1) is 11.3 Å². The Labute approximate surface area is 112 Å². The molecule has 0 saturated carbocycles. The highest BCUT2D eigenvalue weighted by Crippen LogP contribution is 2.34. The van der Waals surface area contributed by atoms with Crippen LogP contribution < -0.4 is 11.1 Å². The molecule has 7 heteroatoms. The molecule has 104 valence electrons. The molecular formula is C13H10F3N3O. The van der Waals surface area contributed by atoms with Gasteiger partial charge in [-0.15, -0.1) is 0 Å². The second kappa shape index (κ2) is 5.20. The van der Waals surface area contributed by atoms with E-state index >= 15 is 0 Å². The first-order chi connectivity index (χ1) is 9.38. The zero-order chi connectivity index (χ0) is 14.8. The second-order valence-electron chi connectivity index (χ2n) is 3.97. The van der Waals surface area contributed by atoms with E-state index in [1.165, 1.54) is 36.5 Å². The number of amides is 1. The molecule has 3 N–H and O–H groups in total. The number of hydrogen-bond donors (Lipinski definition) is 2. The number of halogens is 3. The molecule has 2 rings (SSSR count). The highest BCUT2D eigenvalue weighted by molar-refractivity contribution is 6.05. The maximum atomic E-state index is 12.8. The third-order valence-electron chi connectivity index (χ3n) is 2.52. The van der Waals surface area contributed by atoms with Gasteiger partial charge in [0.25, 0.3) is 5.91 Å². The topological polar surface area (TPSA) is 68.0 Å². The number of alkyl halides is 3. The Morgan fingerprint density at radius 1 is 1.20 bits per heavy atom. The van der Waals surface area contributed by atoms with Gasteiger partial charge in [0.15, 0.2) is 0 Å². The summed E-state index contributed by atoms with van der Waals surface area (Å²) in [6.07, 6.45) is -3.24. The molecule has 1 aromatic heterocycles. The van der Waals surface area contributed by atoms with Gasteiger partial charge in [-0.3, -0.25) is 4.79 Å². The predicted octanol–water partition coefficient (Wildman–Crippen LogP) is 2.93. The first-order valence-corrected chi connectivity index (χ1v) is 5.57. The number of nitrogen functional groups attached to an aromatic ring is 1. The van der Waals surface area contributed by atoms with E-state index in [2.05, 4.69) is 10.3 Å². The van der Waals surface area contributed by atoms with Gasteiger partial charge in [0.2, 0.25) is 0 Å². The van der Waals surface area contributed by atoms with Gasteiger partial charge in [-0.25, -0.2) is 4.98 Å². The van der Waals surface area contributed by atoms with Crippen molar-refractivity contribution >= 4 is 17.4 Å². The number of carbonyl (C=O) groups excluding carboxylic acids is 1. The Hall–Kier alpha value is -2.57. The predicted molar refractivity (Wildman–Crippen MR) is 68.0 cm³/mol. The summed E-state index contributed by atoms with van der Waals surface area (Å²) < 4.78 is 38.4. The Morgan fingerprint density at radius 2 is 1.90 bits per heavy atom. The van der Waals surface area contributed by atoms with E-state index in [4.69, 9.17) is 5.73 Å². The normalized spacial score (nSPS) is 11.2. The minimum Gasteiger partial charge on any atom is -0.384 e. The summed E-state index contributed by atoms with van der Waals surface area (Å²) in [4.78, 5) is 15.6. The van der Waals surface area contributed by atoms with E-state index in [0.717, 1.165) is 6.07 Å². The lowest BCUT2D eigenvalue weighted by Crippen LogP contribution is -2.16. The summed E-state index contributed by atoms with van der Waals surface area (Å²) >= 11 is 0. The van der Waals surface area contributed by atoms with Gasteiger partial charge in [-0.2, -0.15) is 13.2 Å². The summed E-state index contributed by atoms with van der Waals surface area (Å²) in [6, 6.07) is 7.39. The summed E-state index contributed by atoms with van der Waals surface area (Å²) in [5.74, 6) is -0.572. The third kappa shape index (κ3) is 3.05. The molecule has 4 nitrogen and oxygen atoms in total. The zero-order valence-corrected chi connectivity index (χ0v) is 10.1. The maximum Gasteiger partial charge on any atom is 0.418 e. The monoisotopic (exact) mass is 281 g/mol. The molecule has 1 heterocycles. The highest BCUT2D eigenvalue weighted by atomic mass is 19.4. The SMILES string of the molecule is Nc1cc(C(=O)Nc2ccccc2C(F)(F)F)ccn1. The molecule has 0 aliphatic rings. The van der Waals surface area contributed by atoms with Gasteiger partial charge >= 0.3 is 6.18 Å². The van der Waals surface area contributed by atoms with Gasteiger partial charge in [0.1, 0.15) is 5.82 Å². The highest BCUT2D eigenvalue weighted by Gasteiger charge is 2.33. The second-order valence-corrected chi connectivity index (χ2v) is 3.97. The van der Waals surface area contributed by atoms with Gasteiger partial charge in [0, 0.05) is 11.8 Å². The number of carbonyl (C=O) groups is 1. The molecule has 0 aliphatic heterocycles. The molecule has 1 amide bonds. The van der Waals surface area contributed by atoms with Crippen molar-refractivity contribution < 1.29 is 18.0 Å². The molecule has 0 radical (unpaired) electrons. The molecule has 0 aliphatic carbocycles. The molecule has 2 aromatic rings. The van der Waals surface area contributed by atoms with Crippen LogP contribution in [0.15, 0.2) is 42.6 Å². The van der Waals surface area contributed by atoms with E-state index < -0.39 is 17.6 Å². The van der Waals surface area contributed by atoms with E-state index in [1.54, 1.807) is 0 Å².